The second kappa shape index (κ2) is 9.55. The maximum atomic E-state index is 12.8. The van der Waals surface area contributed by atoms with Crippen LogP contribution in [-0.2, 0) is 23.9 Å². The topological polar surface area (TPSA) is 79.5 Å². The van der Waals surface area contributed by atoms with E-state index in [0.29, 0.717) is 12.1 Å². The molecule has 1 aromatic heterocycles. The molecule has 0 fully saturated rings. The van der Waals surface area contributed by atoms with Crippen LogP contribution < -0.4 is 5.32 Å². The molecule has 0 atom stereocenters. The summed E-state index contributed by atoms with van der Waals surface area (Å²) >= 11 is 0. The Kier molecular flexibility index (Phi) is 6.82. The molecule has 0 aliphatic heterocycles. The van der Waals surface area contributed by atoms with Gasteiger partial charge < -0.3 is 14.8 Å². The van der Waals surface area contributed by atoms with E-state index in [1.54, 1.807) is 6.92 Å². The Morgan fingerprint density at radius 2 is 1.72 bits per heavy atom. The molecule has 1 heterocycles. The predicted octanol–water partition coefficient (Wildman–Crippen LogP) is 5.56. The number of nitrogens with one attached hydrogen (secondary N) is 1. The summed E-state index contributed by atoms with van der Waals surface area (Å²) in [6, 6.07) is 13.3. The summed E-state index contributed by atoms with van der Waals surface area (Å²) in [6.45, 7) is 2.04. The first-order chi connectivity index (χ1) is 15.2. The number of alkyl halides is 3. The monoisotopic (exact) mass is 443 g/mol. The quantitative estimate of drug-likeness (QED) is 0.469. The Hall–Kier alpha value is -3.81. The summed E-state index contributed by atoms with van der Waals surface area (Å²) in [5, 5.41) is 12.4. The zero-order valence-electron chi connectivity index (χ0n) is 17.1. The van der Waals surface area contributed by atoms with Crippen molar-refractivity contribution >= 4 is 18.0 Å². The fourth-order valence-corrected chi connectivity index (χ4v) is 3.20. The van der Waals surface area contributed by atoms with Crippen molar-refractivity contribution in [3.8, 4) is 11.3 Å². The Morgan fingerprint density at radius 1 is 1.06 bits per heavy atom. The predicted molar refractivity (Wildman–Crippen MR) is 113 cm³/mol. The average molecular weight is 443 g/mol. The van der Waals surface area contributed by atoms with Gasteiger partial charge in [-0.15, -0.1) is 0 Å². The highest BCUT2D eigenvalue weighted by atomic mass is 19.4. The Balaban J connectivity index is 1.87. The van der Waals surface area contributed by atoms with Gasteiger partial charge in [-0.3, -0.25) is 4.79 Å². The summed E-state index contributed by atoms with van der Waals surface area (Å²) in [5.74, 6) is -1.57. The van der Waals surface area contributed by atoms with E-state index in [-0.39, 0.29) is 29.1 Å². The number of rotatable bonds is 7. The van der Waals surface area contributed by atoms with Crippen molar-refractivity contribution in [2.75, 3.05) is 0 Å². The van der Waals surface area contributed by atoms with Gasteiger partial charge in [-0.1, -0.05) is 49.4 Å². The minimum absolute atomic E-state index is 0.0626. The number of furan rings is 1. The lowest BCUT2D eigenvalue weighted by atomic mass is 10.0. The molecule has 0 saturated carbocycles. The van der Waals surface area contributed by atoms with Gasteiger partial charge in [0.1, 0.15) is 17.1 Å². The van der Waals surface area contributed by atoms with E-state index in [1.807, 2.05) is 30.3 Å². The molecule has 2 aromatic carbocycles. The second-order valence-electron chi connectivity index (χ2n) is 6.92. The first-order valence-corrected chi connectivity index (χ1v) is 9.77. The molecule has 5 nitrogen and oxygen atoms in total. The number of halogens is 3. The summed E-state index contributed by atoms with van der Waals surface area (Å²) in [7, 11) is 0. The number of hydrogen-bond donors (Lipinski definition) is 2. The minimum atomic E-state index is -4.51. The molecule has 166 valence electrons. The molecule has 3 rings (SSSR count). The molecule has 32 heavy (non-hydrogen) atoms. The standard InChI is InChI=1S/C24H20F3NO4/c1-2-18-19(12-13-20(29)28-14-15-6-4-3-5-7-15)32-22(21(18)23(30)31)16-8-10-17(11-9-16)24(25,26)27/h3-13H,2,14H2,1H3,(H,28,29)(H,30,31)/b13-12+. The van der Waals surface area contributed by atoms with E-state index >= 15 is 0 Å². The number of carboxylic acid groups (broad SMARTS) is 1. The third-order valence-electron chi connectivity index (χ3n) is 4.78. The van der Waals surface area contributed by atoms with Crippen molar-refractivity contribution in [2.24, 2.45) is 0 Å². The molecular weight excluding hydrogens is 423 g/mol. The van der Waals surface area contributed by atoms with E-state index in [4.69, 9.17) is 4.42 Å². The summed E-state index contributed by atoms with van der Waals surface area (Å²) in [6.07, 6.45) is -1.63. The number of hydrogen-bond acceptors (Lipinski definition) is 3. The maximum Gasteiger partial charge on any atom is 0.416 e. The highest BCUT2D eigenvalue weighted by Gasteiger charge is 2.31. The van der Waals surface area contributed by atoms with Crippen LogP contribution in [0.2, 0.25) is 0 Å². The van der Waals surface area contributed by atoms with E-state index < -0.39 is 23.6 Å². The van der Waals surface area contributed by atoms with Crippen LogP contribution in [0.4, 0.5) is 13.2 Å². The van der Waals surface area contributed by atoms with Gasteiger partial charge in [-0.25, -0.2) is 4.79 Å². The van der Waals surface area contributed by atoms with Gasteiger partial charge in [-0.2, -0.15) is 13.2 Å². The van der Waals surface area contributed by atoms with Crippen molar-refractivity contribution in [1.29, 1.82) is 0 Å². The number of amides is 1. The van der Waals surface area contributed by atoms with Crippen LogP contribution in [0.15, 0.2) is 65.1 Å². The Labute approximate surface area is 182 Å². The lowest BCUT2D eigenvalue weighted by Crippen LogP contribution is -2.20. The number of benzene rings is 2. The summed E-state index contributed by atoms with van der Waals surface area (Å²) < 4.78 is 44.2. The van der Waals surface area contributed by atoms with E-state index in [1.165, 1.54) is 12.2 Å². The normalized spacial score (nSPS) is 11.6. The average Bonchev–Trinajstić information content (AvgIpc) is 3.15. The largest absolute Gasteiger partial charge is 0.478 e. The van der Waals surface area contributed by atoms with Crippen molar-refractivity contribution in [3.05, 3.63) is 88.7 Å². The number of carbonyl (C=O) groups is 2. The second-order valence-corrected chi connectivity index (χ2v) is 6.92. The fraction of sp³-hybridized carbons (Fsp3) is 0.167. The molecule has 0 unspecified atom stereocenters. The highest BCUT2D eigenvalue weighted by molar-refractivity contribution is 5.98. The Bertz CT molecular complexity index is 1130. The van der Waals surface area contributed by atoms with Gasteiger partial charge in [0, 0.05) is 23.7 Å². The summed E-state index contributed by atoms with van der Waals surface area (Å²) in [4.78, 5) is 24.0. The van der Waals surface area contributed by atoms with Gasteiger partial charge >= 0.3 is 12.1 Å². The molecule has 0 bridgehead atoms. The zero-order chi connectivity index (χ0) is 23.3. The minimum Gasteiger partial charge on any atom is -0.478 e. The van der Waals surface area contributed by atoms with Crippen molar-refractivity contribution < 1.29 is 32.3 Å². The molecule has 0 aliphatic rings. The van der Waals surface area contributed by atoms with Gasteiger partial charge in [0.05, 0.1) is 5.56 Å². The zero-order valence-corrected chi connectivity index (χ0v) is 17.1. The fourth-order valence-electron chi connectivity index (χ4n) is 3.20. The molecule has 1 amide bonds. The number of carboxylic acids is 1. The third-order valence-corrected chi connectivity index (χ3v) is 4.78. The molecule has 0 radical (unpaired) electrons. The van der Waals surface area contributed by atoms with Crippen molar-refractivity contribution in [2.45, 2.75) is 26.1 Å². The molecule has 0 saturated heterocycles. The lowest BCUT2D eigenvalue weighted by molar-refractivity contribution is -0.137. The van der Waals surface area contributed by atoms with Crippen LogP contribution in [0, 0.1) is 0 Å². The van der Waals surface area contributed by atoms with Gasteiger partial charge in [0.2, 0.25) is 5.91 Å². The number of aromatic carboxylic acids is 1. The first-order valence-electron chi connectivity index (χ1n) is 9.77. The van der Waals surface area contributed by atoms with Crippen molar-refractivity contribution in [1.82, 2.24) is 5.32 Å². The Morgan fingerprint density at radius 3 is 2.28 bits per heavy atom. The molecule has 2 N–H and O–H groups in total. The van der Waals surface area contributed by atoms with E-state index in [9.17, 15) is 27.9 Å². The van der Waals surface area contributed by atoms with Crippen molar-refractivity contribution in [3.63, 3.8) is 0 Å². The molecular formula is C24H20F3NO4. The van der Waals surface area contributed by atoms with Crippen LogP contribution in [0.25, 0.3) is 17.4 Å². The van der Waals surface area contributed by atoms with Gasteiger partial charge in [0.25, 0.3) is 0 Å². The highest BCUT2D eigenvalue weighted by Crippen LogP contribution is 2.35. The van der Waals surface area contributed by atoms with Gasteiger partial charge in [-0.05, 0) is 30.2 Å². The van der Waals surface area contributed by atoms with Gasteiger partial charge in [0.15, 0.2) is 0 Å². The maximum absolute atomic E-state index is 12.8. The van der Waals surface area contributed by atoms with Crippen LogP contribution in [-0.4, -0.2) is 17.0 Å². The van der Waals surface area contributed by atoms with E-state index in [0.717, 1.165) is 29.8 Å². The molecule has 8 heteroatoms. The molecule has 3 aromatic rings. The lowest BCUT2D eigenvalue weighted by Gasteiger charge is -2.07. The SMILES string of the molecule is CCc1c(/C=C/C(=O)NCc2ccccc2)oc(-c2ccc(C(F)(F)F)cc2)c1C(=O)O. The smallest absolute Gasteiger partial charge is 0.416 e. The molecule has 0 aliphatic carbocycles. The van der Waals surface area contributed by atoms with E-state index in [2.05, 4.69) is 5.32 Å². The molecule has 0 spiro atoms. The van der Waals surface area contributed by atoms with Crippen LogP contribution >= 0.6 is 0 Å². The third kappa shape index (κ3) is 5.26. The number of carbonyl (C=O) groups excluding carboxylic acids is 1. The first kappa shape index (κ1) is 22.9. The van der Waals surface area contributed by atoms with Crippen LogP contribution in [0.1, 0.15) is 39.7 Å². The van der Waals surface area contributed by atoms with Crippen LogP contribution in [0.3, 0.4) is 0 Å². The summed E-state index contributed by atoms with van der Waals surface area (Å²) in [5.41, 5.74) is 0.462. The van der Waals surface area contributed by atoms with Crippen LogP contribution in [0.5, 0.6) is 0 Å².